The molecule has 0 bridgehead atoms. The van der Waals surface area contributed by atoms with Crippen LogP contribution in [0.15, 0.2) is 18.2 Å². The highest BCUT2D eigenvalue weighted by Gasteiger charge is 2.35. The van der Waals surface area contributed by atoms with E-state index in [0.29, 0.717) is 17.1 Å². The van der Waals surface area contributed by atoms with Crippen molar-refractivity contribution in [3.8, 4) is 0 Å². The van der Waals surface area contributed by atoms with Gasteiger partial charge in [-0.05, 0) is 60.5 Å². The molecule has 0 fully saturated rings. The average molecular weight is 964 g/mol. The first-order chi connectivity index (χ1) is 31.5. The van der Waals surface area contributed by atoms with Gasteiger partial charge in [-0.3, -0.25) is 0 Å². The van der Waals surface area contributed by atoms with Crippen LogP contribution in [-0.2, 0) is 0 Å². The molecule has 1 aromatic rings. The Bertz CT molecular complexity index is 1110. The average Bonchev–Trinajstić information content (AvgIpc) is 3.27. The van der Waals surface area contributed by atoms with Crippen LogP contribution in [-0.4, -0.2) is 25.4 Å². The molecule has 0 nitrogen and oxygen atoms in total. The summed E-state index contributed by atoms with van der Waals surface area (Å²) >= 11 is -1.85. The Balaban J connectivity index is 0.00000167. The van der Waals surface area contributed by atoms with Crippen LogP contribution in [0.1, 0.15) is 265 Å². The fourth-order valence-electron chi connectivity index (χ4n) is 13.5. The van der Waals surface area contributed by atoms with Crippen molar-refractivity contribution in [1.82, 2.24) is 0 Å². The first kappa shape index (κ1) is 66.0. The second-order valence-corrected chi connectivity index (χ2v) is 32.0. The molecule has 0 radical (unpaired) electrons. The molecule has 392 valence electrons. The van der Waals surface area contributed by atoms with Gasteiger partial charge in [-0.1, -0.05) is 282 Å². The minimum Gasteiger partial charge on any atom is -0.204 e. The maximum atomic E-state index is 14.2. The van der Waals surface area contributed by atoms with Gasteiger partial charge in [0.1, 0.15) is 18.4 Å². The Hall–Kier alpha value is 0.0425. The summed E-state index contributed by atoms with van der Waals surface area (Å²) < 4.78 is 27.7. The van der Waals surface area contributed by atoms with Gasteiger partial charge in [0.05, 0.1) is 12.3 Å². The second kappa shape index (κ2) is 40.6. The molecule has 4 heteroatoms. The van der Waals surface area contributed by atoms with Gasteiger partial charge < -0.3 is 0 Å². The second-order valence-electron chi connectivity index (χ2n) is 24.1. The third-order valence-electron chi connectivity index (χ3n) is 17.1. The van der Waals surface area contributed by atoms with Crippen molar-refractivity contribution in [1.29, 1.82) is 0 Å². The summed E-state index contributed by atoms with van der Waals surface area (Å²) in [5.41, 5.74) is 0. The van der Waals surface area contributed by atoms with Crippen LogP contribution in [0.25, 0.3) is 0 Å². The molecule has 10 atom stereocenters. The van der Waals surface area contributed by atoms with Crippen molar-refractivity contribution in [2.45, 2.75) is 286 Å². The van der Waals surface area contributed by atoms with Gasteiger partial charge in [0.25, 0.3) is 0 Å². The molecular weight excluding hydrogens is 841 g/mol. The van der Waals surface area contributed by atoms with Crippen molar-refractivity contribution in [3.05, 3.63) is 29.8 Å². The molecule has 10 unspecified atom stereocenters. The number of benzene rings is 1. The predicted octanol–water partition coefficient (Wildman–Crippen LogP) is 22.1. The number of hydrogen-bond donors (Lipinski definition) is 0. The molecule has 66 heavy (non-hydrogen) atoms. The highest BCUT2D eigenvalue weighted by atomic mass is 31.1. The van der Waals surface area contributed by atoms with E-state index in [9.17, 15) is 8.78 Å². The Labute approximate surface area is 420 Å². The van der Waals surface area contributed by atoms with Gasteiger partial charge in [-0.2, -0.15) is 25.5 Å². The normalized spacial score (nSPS) is 17.9. The van der Waals surface area contributed by atoms with E-state index in [1.807, 2.05) is 6.07 Å². The Morgan fingerprint density at radius 2 is 0.667 bits per heavy atom. The molecular formula is C62H122AlF2P. The largest absolute Gasteiger partial charge is 0.204 e. The van der Waals surface area contributed by atoms with E-state index >= 15 is 0 Å². The minimum atomic E-state index is -1.85. The lowest BCUT2D eigenvalue weighted by Crippen LogP contribution is -2.41. The van der Waals surface area contributed by atoms with Crippen LogP contribution in [0.5, 0.6) is 0 Å². The Morgan fingerprint density at radius 1 is 0.379 bits per heavy atom. The summed E-state index contributed by atoms with van der Waals surface area (Å²) in [6, 6.07) is 4.70. The van der Waals surface area contributed by atoms with E-state index in [2.05, 4.69) is 111 Å². The van der Waals surface area contributed by atoms with Crippen LogP contribution in [0.3, 0.4) is 0 Å². The van der Waals surface area contributed by atoms with Crippen LogP contribution >= 0.6 is 7.92 Å². The molecule has 0 saturated heterocycles. The molecule has 1 aromatic carbocycles. The summed E-state index contributed by atoms with van der Waals surface area (Å²) in [5, 5.41) is 7.28. The zero-order valence-corrected chi connectivity index (χ0v) is 50.2. The molecule has 0 saturated carbocycles. The summed E-state index contributed by atoms with van der Waals surface area (Å²) in [5.74, 6) is 7.50. The summed E-state index contributed by atoms with van der Waals surface area (Å²) in [6.45, 7) is 39.0. The highest BCUT2D eigenvalue weighted by Crippen LogP contribution is 2.44. The lowest BCUT2D eigenvalue weighted by molar-refractivity contribution is 0.368. The lowest BCUT2D eigenvalue weighted by Gasteiger charge is -2.45. The summed E-state index contributed by atoms with van der Waals surface area (Å²) in [6.07, 6.45) is 35.5. The van der Waals surface area contributed by atoms with Crippen molar-refractivity contribution in [3.63, 3.8) is 0 Å². The first-order valence-corrected chi connectivity index (χ1v) is 35.2. The zero-order chi connectivity index (χ0) is 49.9. The lowest BCUT2D eigenvalue weighted by atomic mass is 9.92. The molecule has 0 N–H and O–H groups in total. The van der Waals surface area contributed by atoms with Gasteiger partial charge in [-0.25, -0.2) is 4.39 Å². The quantitative estimate of drug-likeness (QED) is 0.0453. The molecule has 0 amide bonds. The molecule has 0 aliphatic heterocycles. The third-order valence-corrected chi connectivity index (χ3v) is 27.8. The van der Waals surface area contributed by atoms with Crippen LogP contribution in [0.4, 0.5) is 8.78 Å². The molecule has 0 aliphatic carbocycles. The molecule has 0 heterocycles. The molecule has 1 rings (SSSR count). The third kappa shape index (κ3) is 30.0. The predicted molar refractivity (Wildman–Crippen MR) is 306 cm³/mol. The van der Waals surface area contributed by atoms with Gasteiger partial charge in [0, 0.05) is 7.92 Å². The maximum absolute atomic E-state index is 14.2. The van der Waals surface area contributed by atoms with Gasteiger partial charge >= 0.3 is 0 Å². The van der Waals surface area contributed by atoms with Crippen molar-refractivity contribution in [2.75, 3.05) is 12.3 Å². The zero-order valence-electron chi connectivity index (χ0n) is 48.1. The Morgan fingerprint density at radius 3 is 0.924 bits per heavy atom. The summed E-state index contributed by atoms with van der Waals surface area (Å²) in [4.78, 5) is 0. The first-order valence-electron chi connectivity index (χ1n) is 30.0. The number of halogens is 2. The van der Waals surface area contributed by atoms with Crippen molar-refractivity contribution < 1.29 is 8.78 Å². The van der Waals surface area contributed by atoms with Crippen LogP contribution in [0.2, 0.25) is 21.1 Å². The van der Waals surface area contributed by atoms with Crippen LogP contribution < -0.4 is 5.30 Å². The smallest absolute Gasteiger partial charge is 0.200 e. The summed E-state index contributed by atoms with van der Waals surface area (Å²) in [7, 11) is -1.03. The number of rotatable bonds is 41. The van der Waals surface area contributed by atoms with Crippen molar-refractivity contribution in [2.24, 2.45) is 59.2 Å². The van der Waals surface area contributed by atoms with Gasteiger partial charge in [0.2, 0.25) is 5.82 Å². The maximum Gasteiger partial charge on any atom is 0.200 e. The van der Waals surface area contributed by atoms with E-state index in [1.165, 1.54) is 147 Å². The molecule has 0 aromatic heterocycles. The molecule has 0 spiro atoms. The molecule has 0 aliphatic rings. The van der Waals surface area contributed by atoms with Gasteiger partial charge in [0.15, 0.2) is 5.82 Å². The van der Waals surface area contributed by atoms with E-state index in [4.69, 9.17) is 0 Å². The van der Waals surface area contributed by atoms with Crippen LogP contribution in [0, 0.1) is 70.8 Å². The van der Waals surface area contributed by atoms with Gasteiger partial charge in [-0.15, -0.1) is 0 Å². The minimum absolute atomic E-state index is 0.598. The van der Waals surface area contributed by atoms with E-state index in [-0.39, 0.29) is 0 Å². The topological polar surface area (TPSA) is 0 Å². The SMILES string of the molecule is CCCC(C)C[PH+](CC(C)CCC)c1cccc(F)c1F.CCCC(CC)CCC(C)[CH2][Al-]([CH2]C(C)CCC(CC)CCC)([CH2]C(C)CCC(CC)CCC)[CH2]C(C)CCC(CC)CCC. The number of hydrogen-bond acceptors (Lipinski definition) is 0. The van der Waals surface area contributed by atoms with E-state index in [1.54, 1.807) is 27.2 Å². The van der Waals surface area contributed by atoms with E-state index < -0.39 is 32.6 Å². The fourth-order valence-corrected chi connectivity index (χ4v) is 25.9. The monoisotopic (exact) mass is 963 g/mol. The van der Waals surface area contributed by atoms with Crippen molar-refractivity contribution >= 4 is 26.3 Å². The standard InChI is InChI=1S/C18H29F2P.4C11H23.Al/c1-5-8-14(3)12-21(13-15(4)9-6-2)17-11-7-10-16(19)18(17)20;4*1-5-7-11(6-2)9-8-10(3)4;/h7,10-11,14-15H,5-6,8-9,12-13H2,1-4H3;4*10-11H,3,5-9H2,1-2,4H3;/q;;;;;-1/p+1. The fraction of sp³-hybridized carbons (Fsp3) is 0.903. The Kier molecular flexibility index (Phi) is 40.6. The highest BCUT2D eigenvalue weighted by molar-refractivity contribution is 7.65. The van der Waals surface area contributed by atoms with E-state index in [0.717, 1.165) is 72.5 Å².